The second-order valence-corrected chi connectivity index (χ2v) is 7.46. The Kier molecular flexibility index (Phi) is 6.24. The van der Waals surface area contributed by atoms with Crippen molar-refractivity contribution in [1.29, 1.82) is 0 Å². The lowest BCUT2D eigenvalue weighted by Crippen LogP contribution is -2.37. The van der Waals surface area contributed by atoms with Gasteiger partial charge in [0.1, 0.15) is 0 Å². The van der Waals surface area contributed by atoms with Gasteiger partial charge in [0.25, 0.3) is 0 Å². The predicted molar refractivity (Wildman–Crippen MR) is 78.9 cm³/mol. The van der Waals surface area contributed by atoms with Crippen LogP contribution < -0.4 is 0 Å². The number of sulfonamides is 1. The Bertz CT molecular complexity index is 573. The van der Waals surface area contributed by atoms with Gasteiger partial charge in [-0.05, 0) is 38.5 Å². The van der Waals surface area contributed by atoms with Gasteiger partial charge in [0, 0.05) is 17.9 Å². The molecule has 0 spiro atoms. The van der Waals surface area contributed by atoms with Crippen LogP contribution in [0.5, 0.6) is 0 Å². The molecule has 0 N–H and O–H groups in total. The lowest BCUT2D eigenvalue weighted by molar-refractivity contribution is -0.137. The smallest absolute Gasteiger partial charge is 0.207 e. The Balaban J connectivity index is 3.22. The van der Waals surface area contributed by atoms with Gasteiger partial charge in [0.2, 0.25) is 10.0 Å². The Morgan fingerprint density at radius 3 is 2.38 bits per heavy atom. The van der Waals surface area contributed by atoms with Gasteiger partial charge in [-0.3, -0.25) is 0 Å². The molecule has 3 nitrogen and oxygen atoms in total. The van der Waals surface area contributed by atoms with Crippen molar-refractivity contribution >= 4 is 26.0 Å². The molecule has 8 heteroatoms. The molecule has 0 amide bonds. The van der Waals surface area contributed by atoms with Crippen molar-refractivity contribution in [2.24, 2.45) is 0 Å². The van der Waals surface area contributed by atoms with Crippen LogP contribution in [0.4, 0.5) is 13.2 Å². The van der Waals surface area contributed by atoms with Gasteiger partial charge in [-0.15, -0.1) is 0 Å². The number of benzene rings is 1. The summed E-state index contributed by atoms with van der Waals surface area (Å²) in [7, 11) is -3.94. The van der Waals surface area contributed by atoms with Crippen molar-refractivity contribution in [3.8, 4) is 0 Å². The molecule has 120 valence electrons. The van der Waals surface area contributed by atoms with E-state index in [1.54, 1.807) is 13.8 Å². The summed E-state index contributed by atoms with van der Waals surface area (Å²) in [6.45, 7) is 3.64. The van der Waals surface area contributed by atoms with Gasteiger partial charge >= 0.3 is 6.18 Å². The van der Waals surface area contributed by atoms with Crippen LogP contribution in [0.3, 0.4) is 0 Å². The van der Waals surface area contributed by atoms with Crippen molar-refractivity contribution in [2.75, 3.05) is 11.9 Å². The molecule has 0 aliphatic rings. The van der Waals surface area contributed by atoms with E-state index in [4.69, 9.17) is 0 Å². The second-order valence-electron chi connectivity index (χ2n) is 4.78. The standard InChI is InChI=1S/C13H17BrF3NO2S/c1-10(2)18(8-4-7-14)21(19,20)12-6-3-5-11(9-12)13(15,16)17/h3,5-6,9-10H,4,7-8H2,1-2H3. The highest BCUT2D eigenvalue weighted by Gasteiger charge is 2.33. The van der Waals surface area contributed by atoms with Crippen molar-refractivity contribution in [3.63, 3.8) is 0 Å². The monoisotopic (exact) mass is 387 g/mol. The van der Waals surface area contributed by atoms with Crippen LogP contribution in [-0.2, 0) is 16.2 Å². The van der Waals surface area contributed by atoms with Crippen molar-refractivity contribution in [2.45, 2.75) is 37.4 Å². The molecule has 0 aliphatic carbocycles. The average molecular weight is 388 g/mol. The van der Waals surface area contributed by atoms with Gasteiger partial charge in [-0.2, -0.15) is 17.5 Å². The molecule has 0 atom stereocenters. The van der Waals surface area contributed by atoms with Crippen LogP contribution in [-0.4, -0.2) is 30.6 Å². The molecule has 0 unspecified atom stereocenters. The highest BCUT2D eigenvalue weighted by molar-refractivity contribution is 9.09. The Labute approximate surface area is 131 Å². The van der Waals surface area contributed by atoms with E-state index in [0.29, 0.717) is 17.8 Å². The quantitative estimate of drug-likeness (QED) is 0.694. The first-order valence-corrected chi connectivity index (χ1v) is 8.92. The normalized spacial score (nSPS) is 13.1. The molecule has 0 aliphatic heterocycles. The van der Waals surface area contributed by atoms with Crippen molar-refractivity contribution < 1.29 is 21.6 Å². The van der Waals surface area contributed by atoms with Crippen LogP contribution in [0, 0.1) is 0 Å². The van der Waals surface area contributed by atoms with E-state index in [0.717, 1.165) is 12.1 Å². The summed E-state index contributed by atoms with van der Waals surface area (Å²) in [5.41, 5.74) is -0.965. The highest BCUT2D eigenvalue weighted by Crippen LogP contribution is 2.31. The van der Waals surface area contributed by atoms with Gasteiger partial charge < -0.3 is 0 Å². The third kappa shape index (κ3) is 4.69. The summed E-state index contributed by atoms with van der Waals surface area (Å²) in [5.74, 6) is 0. The predicted octanol–water partition coefficient (Wildman–Crippen LogP) is 3.89. The fourth-order valence-corrected chi connectivity index (χ4v) is 3.81. The SMILES string of the molecule is CC(C)N(CCCBr)S(=O)(=O)c1cccc(C(F)(F)F)c1. The lowest BCUT2D eigenvalue weighted by atomic mass is 10.2. The number of rotatable bonds is 6. The molecular weight excluding hydrogens is 371 g/mol. The first-order valence-electron chi connectivity index (χ1n) is 6.35. The van der Waals surface area contributed by atoms with Crippen LogP contribution in [0.1, 0.15) is 25.8 Å². The summed E-state index contributed by atoms with van der Waals surface area (Å²) >= 11 is 3.22. The molecule has 0 fully saturated rings. The zero-order valence-corrected chi connectivity index (χ0v) is 14.1. The average Bonchev–Trinajstić information content (AvgIpc) is 2.37. The molecule has 0 heterocycles. The second kappa shape index (κ2) is 7.11. The minimum atomic E-state index is -4.57. The number of alkyl halides is 4. The Morgan fingerprint density at radius 1 is 1.29 bits per heavy atom. The number of hydrogen-bond acceptors (Lipinski definition) is 2. The van der Waals surface area contributed by atoms with E-state index >= 15 is 0 Å². The van der Waals surface area contributed by atoms with Crippen LogP contribution >= 0.6 is 15.9 Å². The summed E-state index contributed by atoms with van der Waals surface area (Å²) in [6, 6.07) is 3.51. The van der Waals surface area contributed by atoms with E-state index in [1.165, 1.54) is 10.4 Å². The van der Waals surface area contributed by atoms with Gasteiger partial charge in [0.15, 0.2) is 0 Å². The summed E-state index contributed by atoms with van der Waals surface area (Å²) < 4.78 is 64.3. The Morgan fingerprint density at radius 2 is 1.90 bits per heavy atom. The first-order chi connectivity index (χ1) is 9.60. The van der Waals surface area contributed by atoms with Crippen molar-refractivity contribution in [1.82, 2.24) is 4.31 Å². The molecule has 1 aromatic carbocycles. The first kappa shape index (κ1) is 18.4. The molecule has 1 rings (SSSR count). The van der Waals surface area contributed by atoms with E-state index in [9.17, 15) is 21.6 Å². The zero-order chi connectivity index (χ0) is 16.3. The molecule has 0 saturated heterocycles. The molecule has 0 radical (unpaired) electrons. The van der Waals surface area contributed by atoms with Gasteiger partial charge in [-0.25, -0.2) is 8.42 Å². The summed E-state index contributed by atoms with van der Waals surface area (Å²) in [4.78, 5) is -0.333. The largest absolute Gasteiger partial charge is 0.416 e. The van der Waals surface area contributed by atoms with Crippen LogP contribution in [0.2, 0.25) is 0 Å². The van der Waals surface area contributed by atoms with E-state index in [1.807, 2.05) is 0 Å². The minimum absolute atomic E-state index is 0.251. The third-order valence-electron chi connectivity index (χ3n) is 2.86. The minimum Gasteiger partial charge on any atom is -0.207 e. The number of nitrogens with zero attached hydrogens (tertiary/aromatic N) is 1. The maximum absolute atomic E-state index is 12.7. The van der Waals surface area contributed by atoms with Crippen LogP contribution in [0.25, 0.3) is 0 Å². The maximum atomic E-state index is 12.7. The zero-order valence-electron chi connectivity index (χ0n) is 11.7. The fraction of sp³-hybridized carbons (Fsp3) is 0.538. The topological polar surface area (TPSA) is 37.4 Å². The molecule has 0 bridgehead atoms. The Hall–Kier alpha value is -0.600. The van der Waals surface area contributed by atoms with Gasteiger partial charge in [-0.1, -0.05) is 22.0 Å². The maximum Gasteiger partial charge on any atom is 0.416 e. The summed E-state index contributed by atoms with van der Waals surface area (Å²) in [6.07, 6.45) is -3.99. The molecule has 0 aromatic heterocycles. The third-order valence-corrected chi connectivity index (χ3v) is 5.49. The highest BCUT2D eigenvalue weighted by atomic mass is 79.9. The molecule has 21 heavy (non-hydrogen) atoms. The van der Waals surface area contributed by atoms with Gasteiger partial charge in [0.05, 0.1) is 10.5 Å². The molecule has 0 saturated carbocycles. The van der Waals surface area contributed by atoms with Crippen molar-refractivity contribution in [3.05, 3.63) is 29.8 Å². The lowest BCUT2D eigenvalue weighted by Gasteiger charge is -2.26. The summed E-state index contributed by atoms with van der Waals surface area (Å²) in [5, 5.41) is 0.619. The molecule has 1 aromatic rings. The van der Waals surface area contributed by atoms with E-state index in [-0.39, 0.29) is 17.5 Å². The number of halogens is 4. The molecular formula is C13H17BrF3NO2S. The van der Waals surface area contributed by atoms with E-state index in [2.05, 4.69) is 15.9 Å². The van der Waals surface area contributed by atoms with Crippen LogP contribution in [0.15, 0.2) is 29.2 Å². The number of hydrogen-bond donors (Lipinski definition) is 0. The fourth-order valence-electron chi connectivity index (χ4n) is 1.84. The van der Waals surface area contributed by atoms with E-state index < -0.39 is 21.8 Å².